The maximum atomic E-state index is 12.7. The van der Waals surface area contributed by atoms with E-state index in [4.69, 9.17) is 0 Å². The van der Waals surface area contributed by atoms with Crippen LogP contribution < -0.4 is 20.9 Å². The van der Waals surface area contributed by atoms with Crippen molar-refractivity contribution in [2.24, 2.45) is 11.8 Å². The number of ketones is 1. The predicted octanol–water partition coefficient (Wildman–Crippen LogP) is 0.909. The van der Waals surface area contributed by atoms with Crippen LogP contribution in [0.4, 0.5) is 11.4 Å². The zero-order chi connectivity index (χ0) is 18.8. The first kappa shape index (κ1) is 18.0. The fourth-order valence-electron chi connectivity index (χ4n) is 4.31. The van der Waals surface area contributed by atoms with Crippen LogP contribution in [-0.4, -0.2) is 49.8 Å². The minimum atomic E-state index is -1.27. The van der Waals surface area contributed by atoms with Gasteiger partial charge in [-0.05, 0) is 56.5 Å². The summed E-state index contributed by atoms with van der Waals surface area (Å²) in [6.45, 7) is 3.39. The summed E-state index contributed by atoms with van der Waals surface area (Å²) >= 11 is 0. The highest BCUT2D eigenvalue weighted by Crippen LogP contribution is 2.25. The first-order chi connectivity index (χ1) is 13.1. The predicted molar refractivity (Wildman–Crippen MR) is 103 cm³/mol. The number of piperidine rings is 3. The number of anilines is 2. The van der Waals surface area contributed by atoms with E-state index in [1.165, 1.54) is 19.3 Å². The zero-order valence-corrected chi connectivity index (χ0v) is 15.4. The highest BCUT2D eigenvalue weighted by molar-refractivity contribution is 6.23. The molecule has 2 amide bonds. The summed E-state index contributed by atoms with van der Waals surface area (Å²) in [6, 6.07) is 7.46. The number of hydrogen-bond donors (Lipinski definition) is 3. The van der Waals surface area contributed by atoms with Crippen molar-refractivity contribution in [1.29, 1.82) is 0 Å². The van der Waals surface area contributed by atoms with Gasteiger partial charge >= 0.3 is 0 Å². The van der Waals surface area contributed by atoms with Crippen molar-refractivity contribution in [2.75, 3.05) is 36.4 Å². The molecule has 3 saturated heterocycles. The number of Topliss-reactive ketones (excluding diaryl/α,β-unsaturated/α-hetero) is 1. The lowest BCUT2D eigenvalue weighted by Crippen LogP contribution is -2.62. The van der Waals surface area contributed by atoms with E-state index in [0.717, 1.165) is 25.3 Å². The Morgan fingerprint density at radius 2 is 1.81 bits per heavy atom. The average Bonchev–Trinajstić information content (AvgIpc) is 2.69. The molecule has 0 saturated carbocycles. The number of carbonyl (C=O) groups is 3. The van der Waals surface area contributed by atoms with Crippen molar-refractivity contribution in [1.82, 2.24) is 10.6 Å². The second-order valence-corrected chi connectivity index (χ2v) is 7.63. The van der Waals surface area contributed by atoms with Crippen molar-refractivity contribution < 1.29 is 14.4 Å². The lowest BCUT2D eigenvalue weighted by Gasteiger charge is -2.37. The molecule has 3 heterocycles. The maximum Gasteiger partial charge on any atom is 0.244 e. The van der Waals surface area contributed by atoms with Gasteiger partial charge in [-0.1, -0.05) is 0 Å². The first-order valence-corrected chi connectivity index (χ1v) is 9.84. The minimum Gasteiger partial charge on any atom is -0.372 e. The second-order valence-electron chi connectivity index (χ2n) is 7.63. The van der Waals surface area contributed by atoms with Gasteiger partial charge in [0.25, 0.3) is 0 Å². The third kappa shape index (κ3) is 3.69. The summed E-state index contributed by atoms with van der Waals surface area (Å²) in [5.74, 6) is -2.90. The Balaban J connectivity index is 1.42. The van der Waals surface area contributed by atoms with Crippen LogP contribution >= 0.6 is 0 Å². The first-order valence-electron chi connectivity index (χ1n) is 9.84. The number of hydrogen-bond acceptors (Lipinski definition) is 5. The summed E-state index contributed by atoms with van der Waals surface area (Å²) in [5.41, 5.74) is 1.74. The smallest absolute Gasteiger partial charge is 0.244 e. The number of carbonyl (C=O) groups excluding carboxylic acids is 3. The van der Waals surface area contributed by atoms with Crippen molar-refractivity contribution in [3.63, 3.8) is 0 Å². The van der Waals surface area contributed by atoms with Gasteiger partial charge in [-0.15, -0.1) is 0 Å². The lowest BCUT2D eigenvalue weighted by molar-refractivity contribution is -0.146. The van der Waals surface area contributed by atoms with Crippen LogP contribution in [0.1, 0.15) is 25.7 Å². The van der Waals surface area contributed by atoms with Crippen LogP contribution in [0.5, 0.6) is 0 Å². The van der Waals surface area contributed by atoms with Crippen LogP contribution in [0.15, 0.2) is 24.3 Å². The normalized spacial score (nSPS) is 28.3. The van der Waals surface area contributed by atoms with Gasteiger partial charge < -0.3 is 20.9 Å². The van der Waals surface area contributed by atoms with Gasteiger partial charge in [-0.2, -0.15) is 0 Å². The van der Waals surface area contributed by atoms with Gasteiger partial charge in [-0.25, -0.2) is 0 Å². The van der Waals surface area contributed by atoms with Crippen LogP contribution in [0.25, 0.3) is 0 Å². The van der Waals surface area contributed by atoms with E-state index < -0.39 is 17.7 Å². The molecule has 7 nitrogen and oxygen atoms in total. The van der Waals surface area contributed by atoms with E-state index in [2.05, 4.69) is 20.9 Å². The molecule has 0 bridgehead atoms. The van der Waals surface area contributed by atoms with E-state index >= 15 is 0 Å². The Morgan fingerprint density at radius 3 is 2.56 bits per heavy atom. The Kier molecular flexibility index (Phi) is 5.11. The average molecular weight is 370 g/mol. The third-order valence-electron chi connectivity index (χ3n) is 5.84. The molecule has 3 atom stereocenters. The number of amides is 2. The summed E-state index contributed by atoms with van der Waals surface area (Å²) in [7, 11) is 0. The highest BCUT2D eigenvalue weighted by atomic mass is 16.2. The summed E-state index contributed by atoms with van der Waals surface area (Å²) in [6.07, 6.45) is 4.40. The fourth-order valence-corrected chi connectivity index (χ4v) is 4.31. The molecule has 4 rings (SSSR count). The number of fused-ring (bicyclic) bond motifs is 1. The molecule has 1 aromatic carbocycles. The van der Waals surface area contributed by atoms with Gasteiger partial charge in [0.2, 0.25) is 11.8 Å². The Hall–Kier alpha value is -2.41. The SMILES string of the molecule is O=C(Nc1ccc(N2CCCCC2)cc1)C1C(=O)NC2CCNCC2C1=O. The van der Waals surface area contributed by atoms with E-state index in [9.17, 15) is 14.4 Å². The van der Waals surface area contributed by atoms with E-state index in [1.54, 1.807) is 0 Å². The van der Waals surface area contributed by atoms with Crippen molar-refractivity contribution >= 4 is 29.0 Å². The molecular formula is C20H26N4O3. The maximum absolute atomic E-state index is 12.7. The van der Waals surface area contributed by atoms with E-state index in [1.807, 2.05) is 24.3 Å². The topological polar surface area (TPSA) is 90.5 Å². The molecule has 0 aliphatic carbocycles. The molecule has 144 valence electrons. The minimum absolute atomic E-state index is 0.154. The molecule has 3 N–H and O–H groups in total. The third-order valence-corrected chi connectivity index (χ3v) is 5.84. The van der Waals surface area contributed by atoms with Crippen LogP contribution in [0, 0.1) is 11.8 Å². The molecule has 0 spiro atoms. The number of nitrogens with one attached hydrogen (secondary N) is 3. The van der Waals surface area contributed by atoms with Crippen molar-refractivity contribution in [3.8, 4) is 0 Å². The van der Waals surface area contributed by atoms with Crippen LogP contribution in [-0.2, 0) is 14.4 Å². The van der Waals surface area contributed by atoms with E-state index in [0.29, 0.717) is 18.7 Å². The lowest BCUT2D eigenvalue weighted by atomic mass is 9.79. The number of benzene rings is 1. The molecular weight excluding hydrogens is 344 g/mol. The molecule has 3 unspecified atom stereocenters. The van der Waals surface area contributed by atoms with Crippen molar-refractivity contribution in [3.05, 3.63) is 24.3 Å². The highest BCUT2D eigenvalue weighted by Gasteiger charge is 2.47. The Bertz CT molecular complexity index is 727. The van der Waals surface area contributed by atoms with Gasteiger partial charge in [0.05, 0.1) is 5.92 Å². The molecule has 1 aromatic rings. The summed E-state index contributed by atoms with van der Waals surface area (Å²) in [4.78, 5) is 40.0. The molecule has 3 aliphatic rings. The monoisotopic (exact) mass is 370 g/mol. The standard InChI is InChI=1S/C20H26N4O3/c25-18-15-12-21-9-8-16(15)23-20(27)17(18)19(26)22-13-4-6-14(7-5-13)24-10-2-1-3-11-24/h4-7,15-17,21H,1-3,8-12H2,(H,22,26)(H,23,27). The summed E-state index contributed by atoms with van der Waals surface area (Å²) < 4.78 is 0. The fraction of sp³-hybridized carbons (Fsp3) is 0.550. The van der Waals surface area contributed by atoms with Gasteiger partial charge in [0.1, 0.15) is 0 Å². The van der Waals surface area contributed by atoms with Gasteiger partial charge in [0.15, 0.2) is 11.7 Å². The van der Waals surface area contributed by atoms with Crippen LogP contribution in [0.2, 0.25) is 0 Å². The molecule has 27 heavy (non-hydrogen) atoms. The van der Waals surface area contributed by atoms with E-state index in [-0.39, 0.29) is 17.7 Å². The zero-order valence-electron chi connectivity index (χ0n) is 15.4. The quantitative estimate of drug-likeness (QED) is 0.688. The second kappa shape index (κ2) is 7.68. The number of nitrogens with zero attached hydrogens (tertiary/aromatic N) is 1. The molecule has 7 heteroatoms. The summed E-state index contributed by atoms with van der Waals surface area (Å²) in [5, 5.41) is 8.76. The number of rotatable bonds is 3. The van der Waals surface area contributed by atoms with Crippen LogP contribution in [0.3, 0.4) is 0 Å². The largest absolute Gasteiger partial charge is 0.372 e. The van der Waals surface area contributed by atoms with Gasteiger partial charge in [0, 0.05) is 37.1 Å². The molecule has 0 radical (unpaired) electrons. The molecule has 3 fully saturated rings. The molecule has 0 aromatic heterocycles. The van der Waals surface area contributed by atoms with Crippen molar-refractivity contribution in [2.45, 2.75) is 31.7 Å². The molecule has 3 aliphatic heterocycles. The Morgan fingerprint density at radius 1 is 1.07 bits per heavy atom. The Labute approximate surface area is 158 Å². The van der Waals surface area contributed by atoms with Gasteiger partial charge in [-0.3, -0.25) is 14.4 Å².